The monoisotopic (exact) mass is 375 g/mol. The minimum absolute atomic E-state index is 0.225. The van der Waals surface area contributed by atoms with Crippen LogP contribution < -0.4 is 10.2 Å². The Balaban J connectivity index is 1.55. The molecule has 0 bridgehead atoms. The minimum Gasteiger partial charge on any atom is -0.388 e. The van der Waals surface area contributed by atoms with Crippen LogP contribution in [0.2, 0.25) is 0 Å². The van der Waals surface area contributed by atoms with E-state index in [1.165, 1.54) is 0 Å². The first-order chi connectivity index (χ1) is 12.8. The number of aromatic nitrogens is 1. The number of amides is 1. The number of nitrogens with one attached hydrogen (secondary N) is 1. The molecule has 6 nitrogen and oxygen atoms in total. The number of morpholine rings is 1. The van der Waals surface area contributed by atoms with Crippen LogP contribution in [0.1, 0.15) is 56.9 Å². The summed E-state index contributed by atoms with van der Waals surface area (Å²) < 4.78 is 5.38. The number of pyridine rings is 1. The second kappa shape index (κ2) is 8.15. The van der Waals surface area contributed by atoms with E-state index in [-0.39, 0.29) is 17.9 Å². The van der Waals surface area contributed by atoms with Crippen LogP contribution in [-0.4, -0.2) is 54.4 Å². The van der Waals surface area contributed by atoms with Crippen LogP contribution in [0.25, 0.3) is 0 Å². The molecule has 1 aliphatic carbocycles. The van der Waals surface area contributed by atoms with Gasteiger partial charge in [-0.2, -0.15) is 0 Å². The molecule has 2 N–H and O–H groups in total. The van der Waals surface area contributed by atoms with E-state index in [0.717, 1.165) is 44.5 Å². The van der Waals surface area contributed by atoms with Crippen molar-refractivity contribution in [2.45, 2.75) is 52.1 Å². The summed E-state index contributed by atoms with van der Waals surface area (Å²) in [5.74, 6) is 0.400. The third kappa shape index (κ3) is 5.20. The highest BCUT2D eigenvalue weighted by Gasteiger charge is 2.37. The van der Waals surface area contributed by atoms with Crippen molar-refractivity contribution in [1.82, 2.24) is 10.3 Å². The number of ether oxygens (including phenoxy) is 1. The molecule has 0 atom stereocenters. The molecule has 0 radical (unpaired) electrons. The number of hydrogen-bond donors (Lipinski definition) is 2. The van der Waals surface area contributed by atoms with E-state index >= 15 is 0 Å². The number of nitrogens with zero attached hydrogens (tertiary/aromatic N) is 2. The van der Waals surface area contributed by atoms with Gasteiger partial charge in [0.15, 0.2) is 0 Å². The normalized spacial score (nSPS) is 26.7. The molecule has 2 heterocycles. The van der Waals surface area contributed by atoms with Gasteiger partial charge in [-0.1, -0.05) is 20.8 Å². The smallest absolute Gasteiger partial charge is 0.270 e. The van der Waals surface area contributed by atoms with E-state index in [4.69, 9.17) is 4.74 Å². The molecule has 1 aromatic rings. The Morgan fingerprint density at radius 2 is 2.00 bits per heavy atom. The minimum atomic E-state index is -0.806. The van der Waals surface area contributed by atoms with Crippen LogP contribution in [0, 0.1) is 11.3 Å². The number of anilines is 1. The Hall–Kier alpha value is -1.66. The highest BCUT2D eigenvalue weighted by atomic mass is 16.5. The van der Waals surface area contributed by atoms with Crippen molar-refractivity contribution >= 4 is 11.6 Å². The summed E-state index contributed by atoms with van der Waals surface area (Å²) in [4.78, 5) is 19.0. The number of aliphatic hydroxyl groups is 1. The fourth-order valence-corrected chi connectivity index (χ4v) is 4.10. The molecule has 1 aromatic heterocycles. The number of rotatable bonds is 4. The first-order valence-electron chi connectivity index (χ1n) is 10.1. The van der Waals surface area contributed by atoms with Gasteiger partial charge in [0, 0.05) is 31.5 Å². The molecule has 1 saturated carbocycles. The second-order valence-corrected chi connectivity index (χ2v) is 9.05. The van der Waals surface area contributed by atoms with E-state index in [2.05, 4.69) is 36.0 Å². The van der Waals surface area contributed by atoms with Crippen molar-refractivity contribution in [3.05, 3.63) is 24.0 Å². The van der Waals surface area contributed by atoms with Crippen LogP contribution in [0.15, 0.2) is 18.3 Å². The lowest BCUT2D eigenvalue weighted by atomic mass is 9.68. The predicted molar refractivity (Wildman–Crippen MR) is 106 cm³/mol. The van der Waals surface area contributed by atoms with Gasteiger partial charge in [0.05, 0.1) is 18.8 Å². The molecule has 1 saturated heterocycles. The quantitative estimate of drug-likeness (QED) is 0.846. The summed E-state index contributed by atoms with van der Waals surface area (Å²) in [6.07, 6.45) is 5.14. The topological polar surface area (TPSA) is 74.7 Å². The molecule has 2 fully saturated rings. The first kappa shape index (κ1) is 20.1. The summed E-state index contributed by atoms with van der Waals surface area (Å²) in [5, 5.41) is 13.8. The molecule has 0 spiro atoms. The molecular weight excluding hydrogens is 342 g/mol. The van der Waals surface area contributed by atoms with Gasteiger partial charge in [-0.3, -0.25) is 9.78 Å². The summed E-state index contributed by atoms with van der Waals surface area (Å²) in [6, 6.07) is 3.74. The predicted octanol–water partition coefficient (Wildman–Crippen LogP) is 2.62. The summed E-state index contributed by atoms with van der Waals surface area (Å²) in [5.41, 5.74) is 0.849. The van der Waals surface area contributed by atoms with Crippen molar-refractivity contribution in [3.63, 3.8) is 0 Å². The van der Waals surface area contributed by atoms with E-state index in [1.807, 2.05) is 12.1 Å². The molecule has 0 aromatic carbocycles. The van der Waals surface area contributed by atoms with Gasteiger partial charge in [-0.25, -0.2) is 0 Å². The third-order valence-corrected chi connectivity index (χ3v) is 6.07. The van der Waals surface area contributed by atoms with Crippen molar-refractivity contribution in [1.29, 1.82) is 0 Å². The first-order valence-corrected chi connectivity index (χ1v) is 10.1. The SMILES string of the molecule is CC(C)(C)C1CCC(O)(CNC(=O)c2cc(N3CCOCC3)ccn2)CC1. The average molecular weight is 376 g/mol. The Bertz CT molecular complexity index is 642. The third-order valence-electron chi connectivity index (χ3n) is 6.07. The summed E-state index contributed by atoms with van der Waals surface area (Å²) in [7, 11) is 0. The maximum absolute atomic E-state index is 12.6. The van der Waals surface area contributed by atoms with Gasteiger partial charge in [-0.15, -0.1) is 0 Å². The molecule has 6 heteroatoms. The summed E-state index contributed by atoms with van der Waals surface area (Å²) >= 11 is 0. The van der Waals surface area contributed by atoms with Gasteiger partial charge in [0.2, 0.25) is 0 Å². The van der Waals surface area contributed by atoms with E-state index in [0.29, 0.717) is 24.8 Å². The molecule has 150 valence electrons. The lowest BCUT2D eigenvalue weighted by Gasteiger charge is -2.41. The molecule has 3 rings (SSSR count). The second-order valence-electron chi connectivity index (χ2n) is 9.05. The van der Waals surface area contributed by atoms with Crippen molar-refractivity contribution < 1.29 is 14.6 Å². The largest absolute Gasteiger partial charge is 0.388 e. The van der Waals surface area contributed by atoms with Crippen LogP contribution in [0.5, 0.6) is 0 Å². The van der Waals surface area contributed by atoms with Crippen LogP contribution >= 0.6 is 0 Å². The highest BCUT2D eigenvalue weighted by Crippen LogP contribution is 2.41. The van der Waals surface area contributed by atoms with Crippen LogP contribution in [-0.2, 0) is 4.74 Å². The van der Waals surface area contributed by atoms with E-state index in [9.17, 15) is 9.90 Å². The molecule has 27 heavy (non-hydrogen) atoms. The van der Waals surface area contributed by atoms with Gasteiger partial charge >= 0.3 is 0 Å². The molecule has 1 amide bonds. The Morgan fingerprint density at radius 3 is 2.63 bits per heavy atom. The van der Waals surface area contributed by atoms with Crippen LogP contribution in [0.4, 0.5) is 5.69 Å². The molecule has 0 unspecified atom stereocenters. The lowest BCUT2D eigenvalue weighted by molar-refractivity contribution is -0.0228. The molecule has 1 aliphatic heterocycles. The van der Waals surface area contributed by atoms with Gasteiger partial charge < -0.3 is 20.1 Å². The van der Waals surface area contributed by atoms with Crippen molar-refractivity contribution in [2.75, 3.05) is 37.7 Å². The van der Waals surface area contributed by atoms with E-state index < -0.39 is 5.60 Å². The molecule has 2 aliphatic rings. The number of carbonyl (C=O) groups excluding carboxylic acids is 1. The lowest BCUT2D eigenvalue weighted by Crippen LogP contribution is -2.46. The number of hydrogen-bond acceptors (Lipinski definition) is 5. The fraction of sp³-hybridized carbons (Fsp3) is 0.714. The standard InChI is InChI=1S/C21H33N3O3/c1-20(2,3)16-4-7-21(26,8-5-16)15-23-19(25)18-14-17(6-9-22-18)24-10-12-27-13-11-24/h6,9,14,16,26H,4-5,7-8,10-13,15H2,1-3H3,(H,23,25). The summed E-state index contributed by atoms with van der Waals surface area (Å²) in [6.45, 7) is 10.1. The average Bonchev–Trinajstić information content (AvgIpc) is 2.66. The highest BCUT2D eigenvalue weighted by molar-refractivity contribution is 5.93. The zero-order valence-electron chi connectivity index (χ0n) is 16.8. The van der Waals surface area contributed by atoms with Crippen molar-refractivity contribution in [3.8, 4) is 0 Å². The van der Waals surface area contributed by atoms with Crippen LogP contribution in [0.3, 0.4) is 0 Å². The zero-order chi connectivity index (χ0) is 19.5. The Morgan fingerprint density at radius 1 is 1.33 bits per heavy atom. The zero-order valence-corrected chi connectivity index (χ0v) is 16.8. The van der Waals surface area contributed by atoms with Gasteiger partial charge in [0.25, 0.3) is 5.91 Å². The van der Waals surface area contributed by atoms with Gasteiger partial charge in [-0.05, 0) is 49.1 Å². The maximum atomic E-state index is 12.6. The van der Waals surface area contributed by atoms with Crippen molar-refractivity contribution in [2.24, 2.45) is 11.3 Å². The fourth-order valence-electron chi connectivity index (χ4n) is 4.10. The molecular formula is C21H33N3O3. The Labute approximate surface area is 162 Å². The Kier molecular flexibility index (Phi) is 6.06. The van der Waals surface area contributed by atoms with E-state index in [1.54, 1.807) is 6.20 Å². The van der Waals surface area contributed by atoms with Gasteiger partial charge in [0.1, 0.15) is 5.69 Å². The number of carbonyl (C=O) groups is 1. The maximum Gasteiger partial charge on any atom is 0.270 e.